The molecule has 0 aliphatic heterocycles. The Morgan fingerprint density at radius 1 is 0.375 bits per heavy atom. The standard InChI is InChI=1S/C46H48N2/c1-5-7-11-37-16-26-42(27-17-37)47(41-24-14-35(3)15-25-41)44-30-20-39(21-31-44)40-22-32-45(33-23-40)48(46-13-9-10-36(4)34-46)43-28-18-38(19-29-43)12-8-6-2/h9-10,13-34H,5-8,11-12H2,1-4H3. The molecule has 6 aromatic rings. The molecule has 6 aromatic carbocycles. The summed E-state index contributed by atoms with van der Waals surface area (Å²) in [4.78, 5) is 4.71. The molecule has 0 saturated heterocycles. The zero-order valence-electron chi connectivity index (χ0n) is 29.0. The van der Waals surface area contributed by atoms with E-state index in [-0.39, 0.29) is 0 Å². The van der Waals surface area contributed by atoms with Crippen LogP contribution in [0.3, 0.4) is 0 Å². The van der Waals surface area contributed by atoms with E-state index < -0.39 is 0 Å². The average molecular weight is 629 g/mol. The monoisotopic (exact) mass is 628 g/mol. The normalized spacial score (nSPS) is 11.0. The molecule has 48 heavy (non-hydrogen) atoms. The van der Waals surface area contributed by atoms with Crippen molar-refractivity contribution in [2.75, 3.05) is 9.80 Å². The molecule has 2 nitrogen and oxygen atoms in total. The summed E-state index contributed by atoms with van der Waals surface area (Å²) in [7, 11) is 0. The summed E-state index contributed by atoms with van der Waals surface area (Å²) in [5.74, 6) is 0. The number of aryl methyl sites for hydroxylation is 4. The number of hydrogen-bond donors (Lipinski definition) is 0. The van der Waals surface area contributed by atoms with E-state index in [9.17, 15) is 0 Å². The number of nitrogens with zero attached hydrogens (tertiary/aromatic N) is 2. The quantitative estimate of drug-likeness (QED) is 0.126. The highest BCUT2D eigenvalue weighted by molar-refractivity contribution is 5.81. The minimum Gasteiger partial charge on any atom is -0.311 e. The van der Waals surface area contributed by atoms with Crippen LogP contribution in [0.15, 0.2) is 146 Å². The van der Waals surface area contributed by atoms with Gasteiger partial charge in [-0.3, -0.25) is 0 Å². The molecule has 6 rings (SSSR count). The van der Waals surface area contributed by atoms with E-state index in [4.69, 9.17) is 0 Å². The number of anilines is 6. The Kier molecular flexibility index (Phi) is 10.7. The summed E-state index contributed by atoms with van der Waals surface area (Å²) in [6, 6.07) is 53.7. The molecule has 0 fully saturated rings. The lowest BCUT2D eigenvalue weighted by atomic mass is 10.0. The highest BCUT2D eigenvalue weighted by Gasteiger charge is 2.15. The Morgan fingerprint density at radius 3 is 1.15 bits per heavy atom. The van der Waals surface area contributed by atoms with Gasteiger partial charge in [-0.2, -0.15) is 0 Å². The largest absolute Gasteiger partial charge is 0.311 e. The first-order valence-corrected chi connectivity index (χ1v) is 17.6. The van der Waals surface area contributed by atoms with Crippen LogP contribution >= 0.6 is 0 Å². The van der Waals surface area contributed by atoms with Gasteiger partial charge in [0.25, 0.3) is 0 Å². The predicted molar refractivity (Wildman–Crippen MR) is 208 cm³/mol. The van der Waals surface area contributed by atoms with Crippen LogP contribution in [-0.2, 0) is 12.8 Å². The van der Waals surface area contributed by atoms with Gasteiger partial charge in [0, 0.05) is 34.1 Å². The Labute approximate surface area is 288 Å². The highest BCUT2D eigenvalue weighted by Crippen LogP contribution is 2.38. The summed E-state index contributed by atoms with van der Waals surface area (Å²) in [5.41, 5.74) is 14.7. The van der Waals surface area contributed by atoms with Gasteiger partial charge in [0.1, 0.15) is 0 Å². The molecule has 0 heterocycles. The smallest absolute Gasteiger partial charge is 0.0464 e. The minimum absolute atomic E-state index is 1.13. The van der Waals surface area contributed by atoms with E-state index in [1.165, 1.54) is 76.1 Å². The van der Waals surface area contributed by atoms with Crippen molar-refractivity contribution in [3.63, 3.8) is 0 Å². The van der Waals surface area contributed by atoms with Gasteiger partial charge in [0.05, 0.1) is 0 Å². The first-order valence-electron chi connectivity index (χ1n) is 17.6. The molecule has 2 heteroatoms. The fourth-order valence-electron chi connectivity index (χ4n) is 6.35. The Bertz CT molecular complexity index is 1870. The molecule has 0 amide bonds. The molecular weight excluding hydrogens is 581 g/mol. The average Bonchev–Trinajstić information content (AvgIpc) is 3.13. The van der Waals surface area contributed by atoms with E-state index in [0.717, 1.165) is 29.9 Å². The molecule has 242 valence electrons. The van der Waals surface area contributed by atoms with E-state index in [1.807, 2.05) is 0 Å². The maximum Gasteiger partial charge on any atom is 0.0464 e. The van der Waals surface area contributed by atoms with Gasteiger partial charge in [-0.05, 0) is 140 Å². The number of unbranched alkanes of at least 4 members (excludes halogenated alkanes) is 2. The zero-order valence-corrected chi connectivity index (χ0v) is 29.0. The van der Waals surface area contributed by atoms with Crippen molar-refractivity contribution in [3.05, 3.63) is 168 Å². The predicted octanol–water partition coefficient (Wildman–Crippen LogP) is 13.6. The van der Waals surface area contributed by atoms with Crippen molar-refractivity contribution < 1.29 is 0 Å². The SMILES string of the molecule is CCCCc1ccc(N(c2ccc(C)cc2)c2ccc(-c3ccc(N(c4ccc(CCCC)cc4)c4cccc(C)c4)cc3)cc2)cc1. The molecule has 0 unspecified atom stereocenters. The summed E-state index contributed by atoms with van der Waals surface area (Å²) >= 11 is 0. The van der Waals surface area contributed by atoms with E-state index in [2.05, 4.69) is 183 Å². The molecule has 0 saturated carbocycles. The van der Waals surface area contributed by atoms with Gasteiger partial charge in [-0.1, -0.05) is 105 Å². The van der Waals surface area contributed by atoms with Crippen LogP contribution in [0.4, 0.5) is 34.1 Å². The van der Waals surface area contributed by atoms with Gasteiger partial charge < -0.3 is 9.80 Å². The summed E-state index contributed by atoms with van der Waals surface area (Å²) in [6.07, 6.45) is 7.12. The molecule has 0 aliphatic carbocycles. The third-order valence-electron chi connectivity index (χ3n) is 9.16. The van der Waals surface area contributed by atoms with Crippen LogP contribution in [-0.4, -0.2) is 0 Å². The summed E-state index contributed by atoms with van der Waals surface area (Å²) in [6.45, 7) is 8.80. The summed E-state index contributed by atoms with van der Waals surface area (Å²) in [5, 5.41) is 0. The van der Waals surface area contributed by atoms with Crippen LogP contribution in [0, 0.1) is 13.8 Å². The highest BCUT2D eigenvalue weighted by atomic mass is 15.1. The second-order valence-corrected chi connectivity index (χ2v) is 13.0. The van der Waals surface area contributed by atoms with Crippen LogP contribution in [0.5, 0.6) is 0 Å². The van der Waals surface area contributed by atoms with E-state index in [1.54, 1.807) is 0 Å². The molecular formula is C46H48N2. The first-order chi connectivity index (χ1) is 23.5. The van der Waals surface area contributed by atoms with Crippen molar-refractivity contribution in [2.24, 2.45) is 0 Å². The molecule has 0 atom stereocenters. The summed E-state index contributed by atoms with van der Waals surface area (Å²) < 4.78 is 0. The van der Waals surface area contributed by atoms with Crippen LogP contribution < -0.4 is 9.80 Å². The fraction of sp³-hybridized carbons (Fsp3) is 0.217. The van der Waals surface area contributed by atoms with Crippen molar-refractivity contribution in [3.8, 4) is 11.1 Å². The van der Waals surface area contributed by atoms with Crippen molar-refractivity contribution in [1.29, 1.82) is 0 Å². The van der Waals surface area contributed by atoms with Crippen molar-refractivity contribution >= 4 is 34.1 Å². The Morgan fingerprint density at radius 2 is 0.750 bits per heavy atom. The minimum atomic E-state index is 1.13. The van der Waals surface area contributed by atoms with Gasteiger partial charge in [-0.15, -0.1) is 0 Å². The molecule has 0 radical (unpaired) electrons. The second-order valence-electron chi connectivity index (χ2n) is 13.0. The lowest BCUT2D eigenvalue weighted by Gasteiger charge is -2.26. The van der Waals surface area contributed by atoms with Crippen molar-refractivity contribution in [1.82, 2.24) is 0 Å². The first kappa shape index (κ1) is 32.8. The van der Waals surface area contributed by atoms with Crippen molar-refractivity contribution in [2.45, 2.75) is 66.2 Å². The number of rotatable bonds is 13. The molecule has 0 bridgehead atoms. The van der Waals surface area contributed by atoms with Gasteiger partial charge in [0.2, 0.25) is 0 Å². The molecule has 0 aromatic heterocycles. The number of benzene rings is 6. The van der Waals surface area contributed by atoms with Crippen LogP contribution in [0.25, 0.3) is 11.1 Å². The molecule has 0 spiro atoms. The van der Waals surface area contributed by atoms with Gasteiger partial charge in [0.15, 0.2) is 0 Å². The van der Waals surface area contributed by atoms with E-state index >= 15 is 0 Å². The Balaban J connectivity index is 1.28. The molecule has 0 aliphatic rings. The lowest BCUT2D eigenvalue weighted by molar-refractivity contribution is 0.795. The van der Waals surface area contributed by atoms with E-state index in [0.29, 0.717) is 0 Å². The van der Waals surface area contributed by atoms with Gasteiger partial charge in [-0.25, -0.2) is 0 Å². The topological polar surface area (TPSA) is 6.48 Å². The zero-order chi connectivity index (χ0) is 33.3. The lowest BCUT2D eigenvalue weighted by Crippen LogP contribution is -2.10. The van der Waals surface area contributed by atoms with Crippen LogP contribution in [0.1, 0.15) is 61.8 Å². The van der Waals surface area contributed by atoms with Crippen LogP contribution in [0.2, 0.25) is 0 Å². The third-order valence-corrected chi connectivity index (χ3v) is 9.16. The maximum absolute atomic E-state index is 2.36. The fourth-order valence-corrected chi connectivity index (χ4v) is 6.35. The maximum atomic E-state index is 2.36. The third kappa shape index (κ3) is 7.89. The Hall–Kier alpha value is -5.08. The number of hydrogen-bond acceptors (Lipinski definition) is 2. The van der Waals surface area contributed by atoms with Gasteiger partial charge >= 0.3 is 0 Å². The molecule has 0 N–H and O–H groups in total. The second kappa shape index (κ2) is 15.7.